The second kappa shape index (κ2) is 7.69. The lowest BCUT2D eigenvalue weighted by Gasteiger charge is -2.46. The number of hydrogen-bond acceptors (Lipinski definition) is 5. The molecule has 2 saturated heterocycles. The number of piperazine rings is 1. The first-order chi connectivity index (χ1) is 13.4. The van der Waals surface area contributed by atoms with Crippen LogP contribution in [0.4, 0.5) is 4.79 Å². The summed E-state index contributed by atoms with van der Waals surface area (Å²) < 4.78 is 11.0. The lowest BCUT2D eigenvalue weighted by molar-refractivity contribution is -0.145. The van der Waals surface area contributed by atoms with E-state index in [0.29, 0.717) is 25.6 Å². The van der Waals surface area contributed by atoms with Crippen LogP contribution in [0.5, 0.6) is 0 Å². The lowest BCUT2D eigenvalue weighted by Crippen LogP contribution is -2.51. The van der Waals surface area contributed by atoms with Crippen molar-refractivity contribution in [2.75, 3.05) is 39.3 Å². The Bertz CT molecular complexity index is 667. The predicted octanol–water partition coefficient (Wildman–Crippen LogP) is 3.22. The molecule has 0 aromatic carbocycles. The van der Waals surface area contributed by atoms with Gasteiger partial charge in [0.2, 0.25) is 0 Å². The highest BCUT2D eigenvalue weighted by Gasteiger charge is 2.53. The molecule has 0 spiro atoms. The van der Waals surface area contributed by atoms with Gasteiger partial charge in [-0.3, -0.25) is 9.69 Å². The largest absolute Gasteiger partial charge is 0.462 e. The highest BCUT2D eigenvalue weighted by atomic mass is 16.6. The second-order valence-electron chi connectivity index (χ2n) is 9.31. The van der Waals surface area contributed by atoms with Gasteiger partial charge in [-0.2, -0.15) is 0 Å². The fourth-order valence-corrected chi connectivity index (χ4v) is 5.93. The molecule has 0 aromatic rings. The van der Waals surface area contributed by atoms with Gasteiger partial charge in [-0.25, -0.2) is 4.79 Å². The second-order valence-corrected chi connectivity index (χ2v) is 9.31. The lowest BCUT2D eigenvalue weighted by atomic mass is 9.59. The van der Waals surface area contributed by atoms with Crippen molar-refractivity contribution in [2.24, 2.45) is 17.3 Å². The van der Waals surface area contributed by atoms with E-state index in [1.807, 2.05) is 6.92 Å². The van der Waals surface area contributed by atoms with E-state index in [9.17, 15) is 9.59 Å². The molecule has 0 aromatic heterocycles. The Morgan fingerprint density at radius 1 is 1.29 bits per heavy atom. The van der Waals surface area contributed by atoms with Gasteiger partial charge in [0.25, 0.3) is 0 Å². The van der Waals surface area contributed by atoms with Gasteiger partial charge in [-0.15, -0.1) is 0 Å². The highest BCUT2D eigenvalue weighted by molar-refractivity contribution is 5.76. The molecule has 3 fully saturated rings. The van der Waals surface area contributed by atoms with Crippen LogP contribution in [0.2, 0.25) is 0 Å². The number of fused-ring (bicyclic) bond motifs is 2. The van der Waals surface area contributed by atoms with Crippen molar-refractivity contribution in [1.82, 2.24) is 9.80 Å². The Morgan fingerprint density at radius 2 is 2.04 bits per heavy atom. The van der Waals surface area contributed by atoms with Gasteiger partial charge < -0.3 is 14.4 Å². The Balaban J connectivity index is 1.40. The molecule has 2 heterocycles. The van der Waals surface area contributed by atoms with Crippen LogP contribution < -0.4 is 0 Å². The van der Waals surface area contributed by atoms with Gasteiger partial charge in [-0.1, -0.05) is 18.1 Å². The molecule has 0 unspecified atom stereocenters. The minimum atomic E-state index is -0.228. The molecule has 1 amide bonds. The molecular weight excluding hydrogens is 356 g/mol. The van der Waals surface area contributed by atoms with Crippen LogP contribution in [0.1, 0.15) is 52.9 Å². The first-order valence-electron chi connectivity index (χ1n) is 10.9. The van der Waals surface area contributed by atoms with Gasteiger partial charge in [0.05, 0.1) is 12.5 Å². The van der Waals surface area contributed by atoms with Gasteiger partial charge in [0.1, 0.15) is 6.10 Å². The van der Waals surface area contributed by atoms with Crippen molar-refractivity contribution in [3.05, 3.63) is 11.1 Å². The first-order valence-corrected chi connectivity index (χ1v) is 10.9. The number of amides is 1. The van der Waals surface area contributed by atoms with E-state index in [1.165, 1.54) is 19.3 Å². The third-order valence-electron chi connectivity index (χ3n) is 7.53. The summed E-state index contributed by atoms with van der Waals surface area (Å²) in [5, 5.41) is 0. The Hall–Kier alpha value is -1.56. The van der Waals surface area contributed by atoms with Crippen LogP contribution in [0.15, 0.2) is 11.1 Å². The molecule has 6 heteroatoms. The molecule has 4 atom stereocenters. The number of esters is 1. The normalized spacial score (nSPS) is 36.0. The summed E-state index contributed by atoms with van der Waals surface area (Å²) >= 11 is 0. The van der Waals surface area contributed by atoms with Crippen LogP contribution in [0.3, 0.4) is 0 Å². The number of nitrogens with zero attached hydrogens (tertiary/aromatic N) is 2. The molecular formula is C22H34N2O4. The smallest absolute Gasteiger partial charge is 0.409 e. The summed E-state index contributed by atoms with van der Waals surface area (Å²) in [6.07, 6.45) is 5.55. The number of hydrogen-bond donors (Lipinski definition) is 0. The van der Waals surface area contributed by atoms with E-state index in [1.54, 1.807) is 16.0 Å². The van der Waals surface area contributed by atoms with E-state index in [2.05, 4.69) is 18.7 Å². The SMILES string of the molecule is CCOC(=O)N1CCN(C[C@@H]2C(=O)O[C@@H]3C[C@@]4(C)CCCC(C)=C4C[C@H]23)CC1. The molecule has 4 rings (SSSR count). The number of allylic oxidation sites excluding steroid dienone is 2. The number of ether oxygens (including phenoxy) is 2. The third-order valence-corrected chi connectivity index (χ3v) is 7.53. The van der Waals surface area contributed by atoms with Gasteiger partial charge in [0, 0.05) is 38.6 Å². The zero-order chi connectivity index (χ0) is 19.9. The van der Waals surface area contributed by atoms with Crippen molar-refractivity contribution < 1.29 is 19.1 Å². The van der Waals surface area contributed by atoms with Crippen molar-refractivity contribution in [3.63, 3.8) is 0 Å². The summed E-state index contributed by atoms with van der Waals surface area (Å²) in [5.74, 6) is 0.265. The quantitative estimate of drug-likeness (QED) is 0.547. The summed E-state index contributed by atoms with van der Waals surface area (Å²) in [4.78, 5) is 28.7. The fourth-order valence-electron chi connectivity index (χ4n) is 5.93. The minimum absolute atomic E-state index is 0.0108. The van der Waals surface area contributed by atoms with E-state index in [0.717, 1.165) is 32.5 Å². The molecule has 6 nitrogen and oxygen atoms in total. The average molecular weight is 391 g/mol. The zero-order valence-corrected chi connectivity index (χ0v) is 17.5. The highest BCUT2D eigenvalue weighted by Crippen LogP contribution is 2.55. The maximum atomic E-state index is 12.7. The third kappa shape index (κ3) is 3.56. The predicted molar refractivity (Wildman–Crippen MR) is 106 cm³/mol. The Labute approximate surface area is 168 Å². The minimum Gasteiger partial charge on any atom is -0.462 e. The van der Waals surface area contributed by atoms with Crippen molar-refractivity contribution >= 4 is 12.1 Å². The van der Waals surface area contributed by atoms with E-state index in [4.69, 9.17) is 9.47 Å². The summed E-state index contributed by atoms with van der Waals surface area (Å²) in [5.41, 5.74) is 3.38. The van der Waals surface area contributed by atoms with Gasteiger partial charge in [-0.05, 0) is 51.4 Å². The summed E-state index contributed by atoms with van der Waals surface area (Å²) in [7, 11) is 0. The molecule has 2 aliphatic carbocycles. The molecule has 0 radical (unpaired) electrons. The summed E-state index contributed by atoms with van der Waals surface area (Å²) in [6.45, 7) is 10.6. The summed E-state index contributed by atoms with van der Waals surface area (Å²) in [6, 6.07) is 0. The van der Waals surface area contributed by atoms with E-state index >= 15 is 0 Å². The van der Waals surface area contributed by atoms with Crippen molar-refractivity contribution in [1.29, 1.82) is 0 Å². The number of carbonyl (C=O) groups excluding carboxylic acids is 2. The van der Waals surface area contributed by atoms with Gasteiger partial charge >= 0.3 is 12.1 Å². The van der Waals surface area contributed by atoms with E-state index < -0.39 is 0 Å². The molecule has 28 heavy (non-hydrogen) atoms. The van der Waals surface area contributed by atoms with Crippen LogP contribution in [-0.2, 0) is 14.3 Å². The van der Waals surface area contributed by atoms with E-state index in [-0.39, 0.29) is 29.5 Å². The topological polar surface area (TPSA) is 59.1 Å². The van der Waals surface area contributed by atoms with Crippen LogP contribution >= 0.6 is 0 Å². The fraction of sp³-hybridized carbons (Fsp3) is 0.818. The van der Waals surface area contributed by atoms with Crippen LogP contribution in [0.25, 0.3) is 0 Å². The monoisotopic (exact) mass is 390 g/mol. The number of carbonyl (C=O) groups is 2. The van der Waals surface area contributed by atoms with Crippen LogP contribution in [0, 0.1) is 17.3 Å². The zero-order valence-electron chi connectivity index (χ0n) is 17.5. The molecule has 2 aliphatic heterocycles. The number of rotatable bonds is 3. The Kier molecular flexibility index (Phi) is 5.43. The molecule has 1 saturated carbocycles. The molecule has 4 aliphatic rings. The molecule has 0 bridgehead atoms. The molecule has 156 valence electrons. The van der Waals surface area contributed by atoms with Crippen molar-refractivity contribution in [3.8, 4) is 0 Å². The Morgan fingerprint density at radius 3 is 2.75 bits per heavy atom. The van der Waals surface area contributed by atoms with Crippen molar-refractivity contribution in [2.45, 2.75) is 59.0 Å². The standard InChI is InChI=1S/C22H34N2O4/c1-4-27-21(26)24-10-8-23(9-11-24)14-17-16-12-18-15(2)6-5-7-22(18,3)13-19(16)28-20(17)25/h16-17,19H,4-14H2,1-3H3/t16-,17+,19-,22-/m1/s1. The average Bonchev–Trinajstić information content (AvgIpc) is 2.95. The maximum Gasteiger partial charge on any atom is 0.409 e. The first kappa shape index (κ1) is 19.7. The maximum absolute atomic E-state index is 12.7. The van der Waals surface area contributed by atoms with Gasteiger partial charge in [0.15, 0.2) is 0 Å². The van der Waals surface area contributed by atoms with Crippen LogP contribution in [-0.4, -0.2) is 67.3 Å². The molecule has 0 N–H and O–H groups in total.